The SMILES string of the molecule is O=C(NCCc1nc2ccccc2[nH]1)c1nc(-c2cccs2)no1. The van der Waals surface area contributed by atoms with Gasteiger partial charge < -0.3 is 14.8 Å². The molecule has 4 aromatic rings. The van der Waals surface area contributed by atoms with Gasteiger partial charge in [0.1, 0.15) is 5.82 Å². The number of aromatic amines is 1. The van der Waals surface area contributed by atoms with Crippen LogP contribution in [0.3, 0.4) is 0 Å². The van der Waals surface area contributed by atoms with E-state index in [1.807, 2.05) is 41.8 Å². The number of benzene rings is 1. The van der Waals surface area contributed by atoms with Gasteiger partial charge in [0, 0.05) is 13.0 Å². The smallest absolute Gasteiger partial charge is 0.316 e. The minimum absolute atomic E-state index is 0.0389. The topological polar surface area (TPSA) is 96.7 Å². The maximum Gasteiger partial charge on any atom is 0.316 e. The number of imidazole rings is 1. The number of aromatic nitrogens is 4. The summed E-state index contributed by atoms with van der Waals surface area (Å²) in [6.45, 7) is 0.426. The van der Waals surface area contributed by atoms with Crippen molar-refractivity contribution in [3.63, 3.8) is 0 Å². The van der Waals surface area contributed by atoms with E-state index in [4.69, 9.17) is 4.52 Å². The van der Waals surface area contributed by atoms with Crippen molar-refractivity contribution in [2.75, 3.05) is 6.54 Å². The van der Waals surface area contributed by atoms with E-state index in [0.29, 0.717) is 18.8 Å². The molecule has 0 aliphatic heterocycles. The van der Waals surface area contributed by atoms with Crippen molar-refractivity contribution in [3.05, 3.63) is 53.5 Å². The van der Waals surface area contributed by atoms with E-state index in [2.05, 4.69) is 25.4 Å². The Morgan fingerprint density at radius 1 is 1.21 bits per heavy atom. The molecule has 0 bridgehead atoms. The lowest BCUT2D eigenvalue weighted by Crippen LogP contribution is -2.26. The fourth-order valence-electron chi connectivity index (χ4n) is 2.32. The standard InChI is InChI=1S/C16H13N5O2S/c22-15(16-20-14(21-23-16)12-6-3-9-24-12)17-8-7-13-18-10-4-1-2-5-11(10)19-13/h1-6,9H,7-8H2,(H,17,22)(H,18,19). The molecular formula is C16H13N5O2S. The molecular weight excluding hydrogens is 326 g/mol. The Labute approximate surface area is 140 Å². The minimum Gasteiger partial charge on any atom is -0.347 e. The van der Waals surface area contributed by atoms with Crippen LogP contribution in [0.15, 0.2) is 46.3 Å². The summed E-state index contributed by atoms with van der Waals surface area (Å²) < 4.78 is 5.01. The molecule has 3 heterocycles. The van der Waals surface area contributed by atoms with Crippen molar-refractivity contribution in [1.82, 2.24) is 25.4 Å². The summed E-state index contributed by atoms with van der Waals surface area (Å²) >= 11 is 1.49. The van der Waals surface area contributed by atoms with E-state index in [-0.39, 0.29) is 11.8 Å². The van der Waals surface area contributed by atoms with Crippen LogP contribution in [0.2, 0.25) is 0 Å². The molecule has 0 saturated heterocycles. The molecule has 0 unspecified atom stereocenters. The largest absolute Gasteiger partial charge is 0.347 e. The van der Waals surface area contributed by atoms with E-state index in [0.717, 1.165) is 21.7 Å². The lowest BCUT2D eigenvalue weighted by atomic mass is 10.3. The van der Waals surface area contributed by atoms with Gasteiger partial charge in [0.25, 0.3) is 0 Å². The van der Waals surface area contributed by atoms with Crippen LogP contribution in [0, 0.1) is 0 Å². The number of hydrogen-bond donors (Lipinski definition) is 2. The maximum atomic E-state index is 12.1. The summed E-state index contributed by atoms with van der Waals surface area (Å²) in [5.74, 6) is 0.818. The van der Waals surface area contributed by atoms with Crippen molar-refractivity contribution < 1.29 is 9.32 Å². The highest BCUT2D eigenvalue weighted by atomic mass is 32.1. The molecule has 24 heavy (non-hydrogen) atoms. The van der Waals surface area contributed by atoms with E-state index >= 15 is 0 Å². The summed E-state index contributed by atoms with van der Waals surface area (Å²) in [6, 6.07) is 11.6. The Morgan fingerprint density at radius 3 is 2.96 bits per heavy atom. The van der Waals surface area contributed by atoms with E-state index in [1.54, 1.807) is 0 Å². The molecule has 0 radical (unpaired) electrons. The van der Waals surface area contributed by atoms with Crippen LogP contribution in [-0.4, -0.2) is 32.6 Å². The van der Waals surface area contributed by atoms with Gasteiger partial charge in [-0.1, -0.05) is 23.4 Å². The molecule has 7 nitrogen and oxygen atoms in total. The highest BCUT2D eigenvalue weighted by molar-refractivity contribution is 7.13. The number of nitrogens with zero attached hydrogens (tertiary/aromatic N) is 3. The van der Waals surface area contributed by atoms with Crippen molar-refractivity contribution in [1.29, 1.82) is 0 Å². The van der Waals surface area contributed by atoms with Crippen LogP contribution in [0.1, 0.15) is 16.5 Å². The monoisotopic (exact) mass is 339 g/mol. The predicted molar refractivity (Wildman–Crippen MR) is 89.7 cm³/mol. The van der Waals surface area contributed by atoms with E-state index in [9.17, 15) is 4.79 Å². The Morgan fingerprint density at radius 2 is 2.12 bits per heavy atom. The van der Waals surface area contributed by atoms with Crippen molar-refractivity contribution in [3.8, 4) is 10.7 Å². The van der Waals surface area contributed by atoms with Crippen molar-refractivity contribution >= 4 is 28.3 Å². The molecule has 2 N–H and O–H groups in total. The van der Waals surface area contributed by atoms with Gasteiger partial charge >= 0.3 is 11.8 Å². The number of para-hydroxylation sites is 2. The lowest BCUT2D eigenvalue weighted by Gasteiger charge is -1.99. The first-order valence-electron chi connectivity index (χ1n) is 7.39. The second-order valence-electron chi connectivity index (χ2n) is 5.11. The molecule has 8 heteroatoms. The normalized spacial score (nSPS) is 11.0. The Hall–Kier alpha value is -3.00. The molecule has 3 aromatic heterocycles. The Kier molecular flexibility index (Phi) is 3.80. The minimum atomic E-state index is -0.388. The predicted octanol–water partition coefficient (Wildman–Crippen LogP) is 2.65. The highest BCUT2D eigenvalue weighted by Crippen LogP contribution is 2.21. The van der Waals surface area contributed by atoms with E-state index in [1.165, 1.54) is 11.3 Å². The first-order chi connectivity index (χ1) is 11.8. The maximum absolute atomic E-state index is 12.1. The van der Waals surface area contributed by atoms with Crippen LogP contribution in [-0.2, 0) is 6.42 Å². The third-order valence-corrected chi connectivity index (χ3v) is 4.31. The van der Waals surface area contributed by atoms with Gasteiger partial charge in [-0.3, -0.25) is 4.79 Å². The summed E-state index contributed by atoms with van der Waals surface area (Å²) in [6.07, 6.45) is 0.590. The van der Waals surface area contributed by atoms with Crippen LogP contribution >= 0.6 is 11.3 Å². The Balaban J connectivity index is 1.36. The number of thiophene rings is 1. The molecule has 0 aliphatic carbocycles. The highest BCUT2D eigenvalue weighted by Gasteiger charge is 2.16. The third-order valence-electron chi connectivity index (χ3n) is 3.45. The van der Waals surface area contributed by atoms with Crippen LogP contribution < -0.4 is 5.32 Å². The van der Waals surface area contributed by atoms with Crippen LogP contribution in [0.5, 0.6) is 0 Å². The fourth-order valence-corrected chi connectivity index (χ4v) is 2.96. The van der Waals surface area contributed by atoms with Gasteiger partial charge in [-0.25, -0.2) is 4.98 Å². The zero-order valence-corrected chi connectivity index (χ0v) is 13.3. The molecule has 1 amide bonds. The molecule has 120 valence electrons. The van der Waals surface area contributed by atoms with Gasteiger partial charge in [0.2, 0.25) is 5.82 Å². The van der Waals surface area contributed by atoms with Gasteiger partial charge in [-0.2, -0.15) is 4.98 Å². The van der Waals surface area contributed by atoms with Gasteiger partial charge in [-0.15, -0.1) is 11.3 Å². The summed E-state index contributed by atoms with van der Waals surface area (Å²) in [5, 5.41) is 8.49. The number of H-pyrrole nitrogens is 1. The molecule has 0 saturated carbocycles. The number of rotatable bonds is 5. The molecule has 0 fully saturated rings. The van der Waals surface area contributed by atoms with Gasteiger partial charge in [0.15, 0.2) is 0 Å². The second-order valence-corrected chi connectivity index (χ2v) is 6.05. The lowest BCUT2D eigenvalue weighted by molar-refractivity contribution is 0.0910. The Bertz CT molecular complexity index is 940. The molecule has 0 aliphatic rings. The van der Waals surface area contributed by atoms with Crippen molar-refractivity contribution in [2.45, 2.75) is 6.42 Å². The fraction of sp³-hybridized carbons (Fsp3) is 0.125. The quantitative estimate of drug-likeness (QED) is 0.582. The number of amides is 1. The summed E-state index contributed by atoms with van der Waals surface area (Å²) in [4.78, 5) is 24.7. The average Bonchev–Trinajstić information content (AvgIpc) is 3.33. The zero-order chi connectivity index (χ0) is 16.4. The van der Waals surface area contributed by atoms with Gasteiger partial charge in [-0.05, 0) is 23.6 Å². The second kappa shape index (κ2) is 6.25. The number of carbonyl (C=O) groups is 1. The van der Waals surface area contributed by atoms with E-state index < -0.39 is 0 Å². The molecule has 4 rings (SSSR count). The summed E-state index contributed by atoms with van der Waals surface area (Å²) in [5.41, 5.74) is 1.90. The van der Waals surface area contributed by atoms with Crippen LogP contribution in [0.25, 0.3) is 21.7 Å². The zero-order valence-electron chi connectivity index (χ0n) is 12.5. The van der Waals surface area contributed by atoms with Crippen LogP contribution in [0.4, 0.5) is 0 Å². The third kappa shape index (κ3) is 2.91. The number of carbonyl (C=O) groups excluding carboxylic acids is 1. The first kappa shape index (κ1) is 14.6. The number of hydrogen-bond acceptors (Lipinski definition) is 6. The average molecular weight is 339 g/mol. The number of nitrogens with one attached hydrogen (secondary N) is 2. The molecule has 1 aromatic carbocycles. The summed E-state index contributed by atoms with van der Waals surface area (Å²) in [7, 11) is 0. The van der Waals surface area contributed by atoms with Gasteiger partial charge in [0.05, 0.1) is 15.9 Å². The van der Waals surface area contributed by atoms with Crippen molar-refractivity contribution in [2.24, 2.45) is 0 Å². The molecule has 0 atom stereocenters. The molecule has 0 spiro atoms. The number of fused-ring (bicyclic) bond motifs is 1. The first-order valence-corrected chi connectivity index (χ1v) is 8.27.